The lowest BCUT2D eigenvalue weighted by molar-refractivity contribution is 0.0690. The molecule has 1 aromatic heterocycles. The number of aryl methyl sites for hydroxylation is 1. The molecule has 0 radical (unpaired) electrons. The van der Waals surface area contributed by atoms with E-state index in [0.29, 0.717) is 24.1 Å². The summed E-state index contributed by atoms with van der Waals surface area (Å²) in [6, 6.07) is 1.46. The highest BCUT2D eigenvalue weighted by molar-refractivity contribution is 5.85. The summed E-state index contributed by atoms with van der Waals surface area (Å²) in [5.41, 5.74) is 0.661. The quantitative estimate of drug-likeness (QED) is 0.843. The average molecular weight is 265 g/mol. The van der Waals surface area contributed by atoms with Gasteiger partial charge in [0.1, 0.15) is 0 Å². The molecular formula is C13H19N3O3. The molecule has 1 aliphatic heterocycles. The molecule has 0 bridgehead atoms. The Morgan fingerprint density at radius 2 is 2.37 bits per heavy atom. The number of aromatic carboxylic acids is 1. The number of carbonyl (C=O) groups is 1. The third-order valence-corrected chi connectivity index (χ3v) is 3.34. The second kappa shape index (κ2) is 5.97. The van der Waals surface area contributed by atoms with Crippen LogP contribution >= 0.6 is 0 Å². The molecular weight excluding hydrogens is 246 g/mol. The molecule has 2 heterocycles. The minimum absolute atomic E-state index is 0.0183. The van der Waals surface area contributed by atoms with Gasteiger partial charge in [0, 0.05) is 24.8 Å². The number of nitrogens with one attached hydrogen (secondary N) is 1. The van der Waals surface area contributed by atoms with E-state index in [9.17, 15) is 4.79 Å². The second-order valence-corrected chi connectivity index (χ2v) is 4.77. The van der Waals surface area contributed by atoms with Crippen molar-refractivity contribution >= 4 is 11.9 Å². The van der Waals surface area contributed by atoms with Gasteiger partial charge < -0.3 is 15.2 Å². The number of anilines is 1. The number of hydrogen-bond acceptors (Lipinski definition) is 5. The molecule has 2 unspecified atom stereocenters. The van der Waals surface area contributed by atoms with Crippen molar-refractivity contribution in [3.63, 3.8) is 0 Å². The lowest BCUT2D eigenvalue weighted by Crippen LogP contribution is -2.23. The van der Waals surface area contributed by atoms with Crippen LogP contribution in [-0.2, 0) is 4.74 Å². The molecule has 104 valence electrons. The molecule has 1 saturated heterocycles. The molecule has 6 nitrogen and oxygen atoms in total. The van der Waals surface area contributed by atoms with Crippen LogP contribution in [0, 0.1) is 12.8 Å². The average Bonchev–Trinajstić information content (AvgIpc) is 2.83. The molecule has 0 aliphatic carbocycles. The van der Waals surface area contributed by atoms with Gasteiger partial charge in [-0.25, -0.2) is 14.8 Å². The van der Waals surface area contributed by atoms with E-state index in [-0.39, 0.29) is 11.8 Å². The van der Waals surface area contributed by atoms with Crippen molar-refractivity contribution in [3.05, 3.63) is 17.5 Å². The summed E-state index contributed by atoms with van der Waals surface area (Å²) in [4.78, 5) is 19.1. The Labute approximate surface area is 112 Å². The number of carboxylic acid groups (broad SMARTS) is 1. The first kappa shape index (κ1) is 13.7. The normalized spacial score (nSPS) is 22.4. The first-order valence-electron chi connectivity index (χ1n) is 6.54. The van der Waals surface area contributed by atoms with Crippen LogP contribution in [0.3, 0.4) is 0 Å². The summed E-state index contributed by atoms with van der Waals surface area (Å²) in [5, 5.41) is 12.1. The molecule has 2 rings (SSSR count). The molecule has 6 heteroatoms. The Bertz CT molecular complexity index is 464. The van der Waals surface area contributed by atoms with E-state index in [0.717, 1.165) is 19.4 Å². The number of carboxylic acids is 1. The Morgan fingerprint density at radius 3 is 3.05 bits per heavy atom. The fourth-order valence-electron chi connectivity index (χ4n) is 2.36. The van der Waals surface area contributed by atoms with Crippen LogP contribution in [0.1, 0.15) is 35.9 Å². The van der Waals surface area contributed by atoms with Crippen LogP contribution in [0.5, 0.6) is 0 Å². The topological polar surface area (TPSA) is 84.3 Å². The van der Waals surface area contributed by atoms with Gasteiger partial charge in [0.2, 0.25) is 5.95 Å². The minimum Gasteiger partial charge on any atom is -0.477 e. The number of hydrogen-bond donors (Lipinski definition) is 2. The Morgan fingerprint density at radius 1 is 1.58 bits per heavy atom. The maximum Gasteiger partial charge on any atom is 0.354 e. The van der Waals surface area contributed by atoms with Crippen LogP contribution in [0.4, 0.5) is 5.95 Å². The zero-order valence-corrected chi connectivity index (χ0v) is 11.2. The Kier molecular flexibility index (Phi) is 4.31. The standard InChI is InChI=1S/C13H19N3O3/c1-3-11-9(4-5-19-11)7-14-13-15-8(2)6-10(16-13)12(17)18/h6,9,11H,3-5,7H2,1-2H3,(H,17,18)(H,14,15,16). The van der Waals surface area contributed by atoms with Gasteiger partial charge in [0.15, 0.2) is 5.69 Å². The molecule has 1 aliphatic rings. The van der Waals surface area contributed by atoms with E-state index in [1.165, 1.54) is 6.07 Å². The summed E-state index contributed by atoms with van der Waals surface area (Å²) < 4.78 is 5.61. The minimum atomic E-state index is -1.04. The molecule has 0 aromatic carbocycles. The highest BCUT2D eigenvalue weighted by Gasteiger charge is 2.26. The third-order valence-electron chi connectivity index (χ3n) is 3.34. The van der Waals surface area contributed by atoms with Gasteiger partial charge in [0.05, 0.1) is 6.10 Å². The zero-order chi connectivity index (χ0) is 13.8. The summed E-state index contributed by atoms with van der Waals surface area (Å²) >= 11 is 0. The van der Waals surface area contributed by atoms with Crippen molar-refractivity contribution in [3.8, 4) is 0 Å². The van der Waals surface area contributed by atoms with Crippen LogP contribution in [0.15, 0.2) is 6.07 Å². The predicted molar refractivity (Wildman–Crippen MR) is 70.4 cm³/mol. The highest BCUT2D eigenvalue weighted by atomic mass is 16.5. The third kappa shape index (κ3) is 3.41. The van der Waals surface area contributed by atoms with Crippen LogP contribution in [0.2, 0.25) is 0 Å². The second-order valence-electron chi connectivity index (χ2n) is 4.77. The Balaban J connectivity index is 2.01. The van der Waals surface area contributed by atoms with E-state index in [1.54, 1.807) is 6.92 Å². The van der Waals surface area contributed by atoms with Crippen molar-refractivity contribution in [1.82, 2.24) is 9.97 Å². The van der Waals surface area contributed by atoms with Gasteiger partial charge in [-0.15, -0.1) is 0 Å². The fraction of sp³-hybridized carbons (Fsp3) is 0.615. The van der Waals surface area contributed by atoms with E-state index in [2.05, 4.69) is 22.2 Å². The van der Waals surface area contributed by atoms with Crippen molar-refractivity contribution in [1.29, 1.82) is 0 Å². The summed E-state index contributed by atoms with van der Waals surface area (Å²) in [5.74, 6) is -0.231. The molecule has 1 fully saturated rings. The summed E-state index contributed by atoms with van der Waals surface area (Å²) in [6.07, 6.45) is 2.28. The highest BCUT2D eigenvalue weighted by Crippen LogP contribution is 2.23. The van der Waals surface area contributed by atoms with E-state index in [4.69, 9.17) is 9.84 Å². The molecule has 19 heavy (non-hydrogen) atoms. The van der Waals surface area contributed by atoms with Crippen LogP contribution in [0.25, 0.3) is 0 Å². The summed E-state index contributed by atoms with van der Waals surface area (Å²) in [7, 11) is 0. The van der Waals surface area contributed by atoms with E-state index >= 15 is 0 Å². The lowest BCUT2D eigenvalue weighted by Gasteiger charge is -2.17. The van der Waals surface area contributed by atoms with Crippen LogP contribution < -0.4 is 5.32 Å². The molecule has 0 amide bonds. The fourth-order valence-corrected chi connectivity index (χ4v) is 2.36. The van der Waals surface area contributed by atoms with Gasteiger partial charge in [-0.1, -0.05) is 6.92 Å². The molecule has 2 atom stereocenters. The predicted octanol–water partition coefficient (Wildman–Crippen LogP) is 1.71. The van der Waals surface area contributed by atoms with Crippen molar-refractivity contribution < 1.29 is 14.6 Å². The number of nitrogens with zero attached hydrogens (tertiary/aromatic N) is 2. The number of rotatable bonds is 5. The smallest absolute Gasteiger partial charge is 0.354 e. The van der Waals surface area contributed by atoms with Crippen molar-refractivity contribution in [2.75, 3.05) is 18.5 Å². The van der Waals surface area contributed by atoms with Gasteiger partial charge in [-0.2, -0.15) is 0 Å². The molecule has 0 saturated carbocycles. The van der Waals surface area contributed by atoms with Crippen LogP contribution in [-0.4, -0.2) is 40.3 Å². The van der Waals surface area contributed by atoms with Gasteiger partial charge in [0.25, 0.3) is 0 Å². The molecule has 2 N–H and O–H groups in total. The monoisotopic (exact) mass is 265 g/mol. The number of aromatic nitrogens is 2. The first-order valence-corrected chi connectivity index (χ1v) is 6.54. The summed E-state index contributed by atoms with van der Waals surface area (Å²) in [6.45, 7) is 5.36. The molecule has 0 spiro atoms. The SMILES string of the molecule is CCC1OCCC1CNc1nc(C)cc(C(=O)O)n1. The van der Waals surface area contributed by atoms with Gasteiger partial charge >= 0.3 is 5.97 Å². The van der Waals surface area contributed by atoms with E-state index < -0.39 is 5.97 Å². The van der Waals surface area contributed by atoms with Crippen molar-refractivity contribution in [2.45, 2.75) is 32.8 Å². The lowest BCUT2D eigenvalue weighted by atomic mass is 10.00. The van der Waals surface area contributed by atoms with Gasteiger partial charge in [-0.05, 0) is 25.8 Å². The van der Waals surface area contributed by atoms with Gasteiger partial charge in [-0.3, -0.25) is 0 Å². The Hall–Kier alpha value is -1.69. The van der Waals surface area contributed by atoms with Crippen molar-refractivity contribution in [2.24, 2.45) is 5.92 Å². The van der Waals surface area contributed by atoms with E-state index in [1.807, 2.05) is 0 Å². The molecule has 1 aromatic rings. The zero-order valence-electron chi connectivity index (χ0n) is 11.2. The number of ether oxygens (including phenoxy) is 1. The maximum absolute atomic E-state index is 10.9. The maximum atomic E-state index is 10.9. The largest absolute Gasteiger partial charge is 0.477 e. The first-order chi connectivity index (χ1) is 9.10.